The first kappa shape index (κ1) is 16.0. The van der Waals surface area contributed by atoms with Gasteiger partial charge in [0.05, 0.1) is 0 Å². The largest absolute Gasteiger partial charge is 0.445 e. The maximum Gasteiger partial charge on any atom is 0.407 e. The van der Waals surface area contributed by atoms with Gasteiger partial charge in [-0.1, -0.05) is 54.1 Å². The van der Waals surface area contributed by atoms with E-state index < -0.39 is 6.09 Å². The molecular formula is C17H15ClFNO2. The van der Waals surface area contributed by atoms with Crippen LogP contribution < -0.4 is 5.32 Å². The number of nitrogens with one attached hydrogen (secondary N) is 1. The lowest BCUT2D eigenvalue weighted by atomic mass is 10.2. The molecule has 114 valence electrons. The molecule has 0 aliphatic heterocycles. The third-order valence-corrected chi connectivity index (χ3v) is 3.18. The van der Waals surface area contributed by atoms with Gasteiger partial charge in [-0.05, 0) is 29.3 Å². The second kappa shape index (κ2) is 8.20. The van der Waals surface area contributed by atoms with Crippen LogP contribution in [0.15, 0.2) is 54.6 Å². The van der Waals surface area contributed by atoms with Crippen molar-refractivity contribution in [3.63, 3.8) is 0 Å². The molecule has 0 heterocycles. The molecule has 0 fully saturated rings. The Balaban J connectivity index is 1.75. The van der Waals surface area contributed by atoms with E-state index in [0.29, 0.717) is 10.6 Å². The van der Waals surface area contributed by atoms with E-state index in [9.17, 15) is 9.18 Å². The van der Waals surface area contributed by atoms with Crippen LogP contribution in [0.2, 0.25) is 5.02 Å². The van der Waals surface area contributed by atoms with Gasteiger partial charge in [-0.2, -0.15) is 0 Å². The molecule has 5 heteroatoms. The van der Waals surface area contributed by atoms with Crippen molar-refractivity contribution in [2.24, 2.45) is 0 Å². The summed E-state index contributed by atoms with van der Waals surface area (Å²) in [7, 11) is 0. The third kappa shape index (κ3) is 5.22. The molecule has 3 nitrogen and oxygen atoms in total. The van der Waals surface area contributed by atoms with Gasteiger partial charge in [0.2, 0.25) is 0 Å². The molecule has 0 aliphatic carbocycles. The first-order valence-electron chi connectivity index (χ1n) is 6.71. The standard InChI is InChI=1S/C17H15ClFNO2/c18-16-9-8-15(19)11-14(16)7-4-10-20-17(21)22-12-13-5-2-1-3-6-13/h1-9,11H,10,12H2,(H,20,21). The number of benzene rings is 2. The maximum atomic E-state index is 13.1. The molecule has 22 heavy (non-hydrogen) atoms. The van der Waals surface area contributed by atoms with Crippen LogP contribution in [-0.2, 0) is 11.3 Å². The van der Waals surface area contributed by atoms with Gasteiger partial charge in [0.15, 0.2) is 0 Å². The monoisotopic (exact) mass is 319 g/mol. The quantitative estimate of drug-likeness (QED) is 0.886. The number of halogens is 2. The molecule has 0 saturated heterocycles. The van der Waals surface area contributed by atoms with E-state index in [1.165, 1.54) is 18.2 Å². The zero-order valence-corrected chi connectivity index (χ0v) is 12.5. The van der Waals surface area contributed by atoms with Crippen molar-refractivity contribution in [2.75, 3.05) is 6.54 Å². The summed E-state index contributed by atoms with van der Waals surface area (Å²) in [4.78, 5) is 11.5. The van der Waals surface area contributed by atoms with Gasteiger partial charge in [0.25, 0.3) is 0 Å². The Morgan fingerprint density at radius 1 is 1.23 bits per heavy atom. The van der Waals surface area contributed by atoms with Crippen LogP contribution in [0.25, 0.3) is 6.08 Å². The molecule has 1 N–H and O–H groups in total. The molecule has 0 saturated carbocycles. The summed E-state index contributed by atoms with van der Waals surface area (Å²) < 4.78 is 18.1. The van der Waals surface area contributed by atoms with Crippen LogP contribution in [0.1, 0.15) is 11.1 Å². The van der Waals surface area contributed by atoms with Gasteiger partial charge in [0.1, 0.15) is 12.4 Å². The van der Waals surface area contributed by atoms with Crippen molar-refractivity contribution in [3.8, 4) is 0 Å². The number of alkyl carbamates (subject to hydrolysis) is 1. The number of ether oxygens (including phenoxy) is 1. The summed E-state index contributed by atoms with van der Waals surface area (Å²) >= 11 is 5.93. The fraction of sp³-hybridized carbons (Fsp3) is 0.118. The Hall–Kier alpha value is -2.33. The molecule has 2 rings (SSSR count). The molecule has 0 aliphatic rings. The molecule has 0 spiro atoms. The average Bonchev–Trinajstić information content (AvgIpc) is 2.53. The average molecular weight is 320 g/mol. The number of hydrogen-bond donors (Lipinski definition) is 1. The van der Waals surface area contributed by atoms with Gasteiger partial charge in [-0.3, -0.25) is 0 Å². The third-order valence-electron chi connectivity index (χ3n) is 2.83. The summed E-state index contributed by atoms with van der Waals surface area (Å²) in [6.07, 6.45) is 2.80. The highest BCUT2D eigenvalue weighted by molar-refractivity contribution is 6.32. The predicted octanol–water partition coefficient (Wildman–Crippen LogP) is 4.42. The topological polar surface area (TPSA) is 38.3 Å². The van der Waals surface area contributed by atoms with Crippen molar-refractivity contribution in [1.29, 1.82) is 0 Å². The van der Waals surface area contributed by atoms with Crippen molar-refractivity contribution in [2.45, 2.75) is 6.61 Å². The molecule has 2 aromatic carbocycles. The summed E-state index contributed by atoms with van der Waals surface area (Å²) in [5.41, 5.74) is 1.47. The lowest BCUT2D eigenvalue weighted by Gasteiger charge is -2.05. The molecule has 0 bridgehead atoms. The molecule has 2 aromatic rings. The SMILES string of the molecule is O=C(NCC=Cc1cc(F)ccc1Cl)OCc1ccccc1. The van der Waals surface area contributed by atoms with E-state index in [1.807, 2.05) is 30.3 Å². The minimum absolute atomic E-state index is 0.214. The van der Waals surface area contributed by atoms with E-state index in [1.54, 1.807) is 12.2 Å². The first-order chi connectivity index (χ1) is 10.6. The van der Waals surface area contributed by atoms with Crippen LogP contribution in [0.3, 0.4) is 0 Å². The Morgan fingerprint density at radius 2 is 2.00 bits per heavy atom. The fourth-order valence-corrected chi connectivity index (χ4v) is 1.93. The predicted molar refractivity (Wildman–Crippen MR) is 85.1 cm³/mol. The zero-order valence-electron chi connectivity index (χ0n) is 11.8. The number of hydrogen-bond acceptors (Lipinski definition) is 2. The number of rotatable bonds is 5. The van der Waals surface area contributed by atoms with Gasteiger partial charge < -0.3 is 10.1 Å². The number of amides is 1. The number of carbonyl (C=O) groups is 1. The highest BCUT2D eigenvalue weighted by atomic mass is 35.5. The molecule has 0 aromatic heterocycles. The van der Waals surface area contributed by atoms with E-state index >= 15 is 0 Å². The lowest BCUT2D eigenvalue weighted by molar-refractivity contribution is 0.141. The summed E-state index contributed by atoms with van der Waals surface area (Å²) in [5, 5.41) is 3.02. The van der Waals surface area contributed by atoms with Gasteiger partial charge in [-0.15, -0.1) is 0 Å². The summed E-state index contributed by atoms with van der Waals surface area (Å²) in [5.74, 6) is -0.362. The van der Waals surface area contributed by atoms with Crippen LogP contribution in [0.5, 0.6) is 0 Å². The van der Waals surface area contributed by atoms with Crippen molar-refractivity contribution >= 4 is 23.8 Å². The Morgan fingerprint density at radius 3 is 2.77 bits per heavy atom. The Labute approximate surface area is 133 Å². The number of carbonyl (C=O) groups excluding carboxylic acids is 1. The Kier molecular flexibility index (Phi) is 5.98. The molecule has 1 amide bonds. The van der Waals surface area contributed by atoms with E-state index in [0.717, 1.165) is 5.56 Å². The highest BCUT2D eigenvalue weighted by Gasteiger charge is 2.01. The minimum Gasteiger partial charge on any atom is -0.445 e. The molecule has 0 atom stereocenters. The first-order valence-corrected chi connectivity index (χ1v) is 7.09. The lowest BCUT2D eigenvalue weighted by Crippen LogP contribution is -2.24. The molecule has 0 unspecified atom stereocenters. The normalized spacial score (nSPS) is 10.6. The summed E-state index contributed by atoms with van der Waals surface area (Å²) in [6.45, 7) is 0.479. The van der Waals surface area contributed by atoms with Crippen LogP contribution >= 0.6 is 11.6 Å². The van der Waals surface area contributed by atoms with Crippen LogP contribution in [-0.4, -0.2) is 12.6 Å². The highest BCUT2D eigenvalue weighted by Crippen LogP contribution is 2.18. The minimum atomic E-state index is -0.515. The van der Waals surface area contributed by atoms with E-state index in [4.69, 9.17) is 16.3 Å². The smallest absolute Gasteiger partial charge is 0.407 e. The van der Waals surface area contributed by atoms with Gasteiger partial charge in [0, 0.05) is 11.6 Å². The van der Waals surface area contributed by atoms with Crippen molar-refractivity contribution in [3.05, 3.63) is 76.6 Å². The van der Waals surface area contributed by atoms with Crippen LogP contribution in [0.4, 0.5) is 9.18 Å². The van der Waals surface area contributed by atoms with Gasteiger partial charge in [-0.25, -0.2) is 9.18 Å². The molecular weight excluding hydrogens is 305 g/mol. The van der Waals surface area contributed by atoms with E-state index in [2.05, 4.69) is 5.32 Å². The second-order valence-electron chi connectivity index (χ2n) is 4.51. The van der Waals surface area contributed by atoms with Crippen LogP contribution in [0, 0.1) is 5.82 Å². The second-order valence-corrected chi connectivity index (χ2v) is 4.92. The molecule has 0 radical (unpaired) electrons. The van der Waals surface area contributed by atoms with Gasteiger partial charge >= 0.3 is 6.09 Å². The summed E-state index contributed by atoms with van der Waals surface area (Å²) in [6, 6.07) is 13.5. The fourth-order valence-electron chi connectivity index (χ4n) is 1.74. The zero-order chi connectivity index (χ0) is 15.8. The van der Waals surface area contributed by atoms with E-state index in [-0.39, 0.29) is 19.0 Å². The maximum absolute atomic E-state index is 13.1. The van der Waals surface area contributed by atoms with Crippen molar-refractivity contribution < 1.29 is 13.9 Å². The van der Waals surface area contributed by atoms with Crippen molar-refractivity contribution in [1.82, 2.24) is 5.32 Å². The Bertz CT molecular complexity index is 659.